The fourth-order valence-corrected chi connectivity index (χ4v) is 3.86. The Kier molecular flexibility index (Phi) is 4.24. The van der Waals surface area contributed by atoms with Gasteiger partial charge in [0.15, 0.2) is 5.82 Å². The van der Waals surface area contributed by atoms with E-state index in [0.29, 0.717) is 5.91 Å². The number of carbonyl (C=O) groups is 1. The summed E-state index contributed by atoms with van der Waals surface area (Å²) in [6.07, 6.45) is 10.1. The number of rotatable bonds is 3. The Morgan fingerprint density at radius 1 is 1.00 bits per heavy atom. The number of anilines is 1. The van der Waals surface area contributed by atoms with Crippen LogP contribution in [-0.2, 0) is 4.79 Å². The van der Waals surface area contributed by atoms with E-state index in [2.05, 4.69) is 25.4 Å². The molecular weight excluding hydrogens is 300 g/mol. The smallest absolute Gasteiger partial charge is 0.225 e. The second-order valence-corrected chi connectivity index (χ2v) is 6.73. The fourth-order valence-electron chi connectivity index (χ4n) is 3.86. The zero-order valence-electron chi connectivity index (χ0n) is 14.0. The number of nitrogens with zero attached hydrogens (tertiary/aromatic N) is 4. The monoisotopic (exact) mass is 324 g/mol. The first-order valence-electron chi connectivity index (χ1n) is 8.95. The number of likely N-dealkylation sites (tertiary alicyclic amines) is 1. The van der Waals surface area contributed by atoms with Crippen LogP contribution in [0.5, 0.6) is 0 Å². The first-order chi connectivity index (χ1) is 11.8. The molecule has 2 fully saturated rings. The number of piperidine rings is 1. The molecule has 4 rings (SSSR count). The van der Waals surface area contributed by atoms with Gasteiger partial charge < -0.3 is 14.4 Å². The fraction of sp³-hybridized carbons (Fsp3) is 0.474. The summed E-state index contributed by atoms with van der Waals surface area (Å²) in [4.78, 5) is 21.6. The van der Waals surface area contributed by atoms with Gasteiger partial charge in [0.2, 0.25) is 5.91 Å². The van der Waals surface area contributed by atoms with Gasteiger partial charge in [0.05, 0.1) is 5.69 Å². The van der Waals surface area contributed by atoms with Crippen LogP contribution in [0, 0.1) is 5.92 Å². The molecule has 5 nitrogen and oxygen atoms in total. The Morgan fingerprint density at radius 2 is 1.71 bits per heavy atom. The molecule has 2 aromatic rings. The summed E-state index contributed by atoms with van der Waals surface area (Å²) >= 11 is 0. The molecule has 0 radical (unpaired) electrons. The average Bonchev–Trinajstić information content (AvgIpc) is 3.35. The van der Waals surface area contributed by atoms with Crippen molar-refractivity contribution in [1.82, 2.24) is 14.5 Å². The van der Waals surface area contributed by atoms with Crippen LogP contribution in [0.15, 0.2) is 42.9 Å². The molecule has 24 heavy (non-hydrogen) atoms. The SMILES string of the molecule is O=C(C1CCN(c2ncccc2-n2cccc2)CC1)N1CCCC1. The lowest BCUT2D eigenvalue weighted by molar-refractivity contribution is -0.135. The van der Waals surface area contributed by atoms with Gasteiger partial charge in [0, 0.05) is 50.7 Å². The normalized spacial score (nSPS) is 19.0. The van der Waals surface area contributed by atoms with Crippen molar-refractivity contribution in [2.45, 2.75) is 25.7 Å². The summed E-state index contributed by atoms with van der Waals surface area (Å²) in [6.45, 7) is 3.71. The van der Waals surface area contributed by atoms with E-state index in [1.165, 1.54) is 12.8 Å². The Hall–Kier alpha value is -2.30. The van der Waals surface area contributed by atoms with E-state index in [1.807, 2.05) is 36.8 Å². The molecule has 0 atom stereocenters. The zero-order valence-corrected chi connectivity index (χ0v) is 14.0. The minimum Gasteiger partial charge on any atom is -0.355 e. The standard InChI is InChI=1S/C19H24N4O/c24-19(23-12-3-4-13-23)16-7-14-22(15-8-16)18-17(6-5-9-20-18)21-10-1-2-11-21/h1-2,5-6,9-11,16H,3-4,7-8,12-15H2. The maximum absolute atomic E-state index is 12.6. The third kappa shape index (κ3) is 2.90. The molecule has 0 spiro atoms. The van der Waals surface area contributed by atoms with Crippen molar-refractivity contribution in [3.05, 3.63) is 42.9 Å². The summed E-state index contributed by atoms with van der Waals surface area (Å²) in [6, 6.07) is 8.13. The van der Waals surface area contributed by atoms with Crippen LogP contribution in [0.4, 0.5) is 5.82 Å². The summed E-state index contributed by atoms with van der Waals surface area (Å²) in [5.74, 6) is 1.58. The first-order valence-corrected chi connectivity index (χ1v) is 8.95. The van der Waals surface area contributed by atoms with E-state index in [9.17, 15) is 4.79 Å². The summed E-state index contributed by atoms with van der Waals surface area (Å²) in [5.41, 5.74) is 1.10. The van der Waals surface area contributed by atoms with E-state index in [4.69, 9.17) is 0 Å². The molecule has 126 valence electrons. The zero-order chi connectivity index (χ0) is 16.4. The Morgan fingerprint density at radius 3 is 2.42 bits per heavy atom. The molecule has 0 aliphatic carbocycles. The van der Waals surface area contributed by atoms with Crippen molar-refractivity contribution >= 4 is 11.7 Å². The van der Waals surface area contributed by atoms with Crippen molar-refractivity contribution in [1.29, 1.82) is 0 Å². The van der Waals surface area contributed by atoms with Gasteiger partial charge >= 0.3 is 0 Å². The number of hydrogen-bond donors (Lipinski definition) is 0. The van der Waals surface area contributed by atoms with E-state index < -0.39 is 0 Å². The largest absolute Gasteiger partial charge is 0.355 e. The molecule has 0 bridgehead atoms. The van der Waals surface area contributed by atoms with Crippen molar-refractivity contribution in [3.8, 4) is 5.69 Å². The lowest BCUT2D eigenvalue weighted by atomic mass is 9.95. The number of carbonyl (C=O) groups excluding carboxylic acids is 1. The highest BCUT2D eigenvalue weighted by Crippen LogP contribution is 2.28. The van der Waals surface area contributed by atoms with Gasteiger partial charge in [0.25, 0.3) is 0 Å². The molecule has 0 unspecified atom stereocenters. The minimum atomic E-state index is 0.193. The highest BCUT2D eigenvalue weighted by atomic mass is 16.2. The molecule has 2 aliphatic heterocycles. The van der Waals surface area contributed by atoms with Gasteiger partial charge in [-0.05, 0) is 49.9 Å². The van der Waals surface area contributed by atoms with Crippen molar-refractivity contribution in [2.75, 3.05) is 31.1 Å². The van der Waals surface area contributed by atoms with Crippen LogP contribution in [0.1, 0.15) is 25.7 Å². The van der Waals surface area contributed by atoms with Gasteiger partial charge in [-0.3, -0.25) is 4.79 Å². The Bertz CT molecular complexity index is 683. The lowest BCUT2D eigenvalue weighted by Gasteiger charge is -2.34. The third-order valence-electron chi connectivity index (χ3n) is 5.21. The second kappa shape index (κ2) is 6.67. The van der Waals surface area contributed by atoms with Crippen LogP contribution >= 0.6 is 0 Å². The van der Waals surface area contributed by atoms with Crippen LogP contribution in [-0.4, -0.2) is 46.5 Å². The summed E-state index contributed by atoms with van der Waals surface area (Å²) in [5, 5.41) is 0. The molecule has 1 amide bonds. The molecule has 0 aromatic carbocycles. The van der Waals surface area contributed by atoms with E-state index in [1.54, 1.807) is 0 Å². The predicted octanol–water partition coefficient (Wildman–Crippen LogP) is 2.71. The number of amides is 1. The van der Waals surface area contributed by atoms with E-state index in [-0.39, 0.29) is 5.92 Å². The average molecular weight is 324 g/mol. The Labute approximate surface area is 142 Å². The van der Waals surface area contributed by atoms with Gasteiger partial charge in [-0.1, -0.05) is 0 Å². The number of pyridine rings is 1. The molecule has 2 saturated heterocycles. The molecule has 5 heteroatoms. The number of aromatic nitrogens is 2. The topological polar surface area (TPSA) is 41.4 Å². The van der Waals surface area contributed by atoms with Crippen LogP contribution < -0.4 is 4.90 Å². The molecular formula is C19H24N4O. The first kappa shape index (κ1) is 15.2. The van der Waals surface area contributed by atoms with Crippen molar-refractivity contribution in [2.24, 2.45) is 5.92 Å². The predicted molar refractivity (Wildman–Crippen MR) is 94.3 cm³/mol. The molecule has 0 saturated carbocycles. The maximum atomic E-state index is 12.6. The number of hydrogen-bond acceptors (Lipinski definition) is 3. The second-order valence-electron chi connectivity index (χ2n) is 6.73. The van der Waals surface area contributed by atoms with E-state index in [0.717, 1.165) is 50.5 Å². The van der Waals surface area contributed by atoms with Gasteiger partial charge in [0.1, 0.15) is 0 Å². The van der Waals surface area contributed by atoms with Crippen LogP contribution in [0.2, 0.25) is 0 Å². The third-order valence-corrected chi connectivity index (χ3v) is 5.21. The highest BCUT2D eigenvalue weighted by molar-refractivity contribution is 5.79. The van der Waals surface area contributed by atoms with Crippen LogP contribution in [0.25, 0.3) is 5.69 Å². The molecule has 2 aromatic heterocycles. The van der Waals surface area contributed by atoms with Crippen LogP contribution in [0.3, 0.4) is 0 Å². The highest BCUT2D eigenvalue weighted by Gasteiger charge is 2.30. The quantitative estimate of drug-likeness (QED) is 0.872. The summed E-state index contributed by atoms with van der Waals surface area (Å²) < 4.78 is 2.10. The Balaban J connectivity index is 1.46. The van der Waals surface area contributed by atoms with Gasteiger partial charge in [-0.25, -0.2) is 4.98 Å². The van der Waals surface area contributed by atoms with Crippen molar-refractivity contribution < 1.29 is 4.79 Å². The summed E-state index contributed by atoms with van der Waals surface area (Å²) in [7, 11) is 0. The van der Waals surface area contributed by atoms with Gasteiger partial charge in [-0.2, -0.15) is 0 Å². The lowest BCUT2D eigenvalue weighted by Crippen LogP contribution is -2.42. The van der Waals surface area contributed by atoms with E-state index >= 15 is 0 Å². The molecule has 0 N–H and O–H groups in total. The minimum absolute atomic E-state index is 0.193. The van der Waals surface area contributed by atoms with Crippen molar-refractivity contribution in [3.63, 3.8) is 0 Å². The molecule has 4 heterocycles. The molecule has 2 aliphatic rings. The van der Waals surface area contributed by atoms with Gasteiger partial charge in [-0.15, -0.1) is 0 Å². The maximum Gasteiger partial charge on any atom is 0.225 e.